The third-order valence-corrected chi connectivity index (χ3v) is 3.35. The van der Waals surface area contributed by atoms with Gasteiger partial charge < -0.3 is 5.32 Å². The zero-order chi connectivity index (χ0) is 14.0. The molecule has 18 heavy (non-hydrogen) atoms. The standard InChI is InChI=1S/C15H25NS2/c1-12(2)14(4)9-13(3)10-15(6-8-17)5-7-16-11-18/h5-8,10-14,17H,9H2,1-4H3,(H,16,18)/b7-5-,8-6-,15-10+. The Bertz CT molecular complexity index is 316. The maximum Gasteiger partial charge on any atom is 0.0654 e. The number of hydrogen-bond acceptors (Lipinski definition) is 2. The molecule has 0 aromatic heterocycles. The molecule has 0 aliphatic heterocycles. The van der Waals surface area contributed by atoms with Crippen molar-refractivity contribution in [2.45, 2.75) is 34.1 Å². The van der Waals surface area contributed by atoms with Crippen LogP contribution in [-0.4, -0.2) is 5.49 Å². The molecule has 1 N–H and O–H groups in total. The van der Waals surface area contributed by atoms with Gasteiger partial charge in [-0.15, -0.1) is 0 Å². The van der Waals surface area contributed by atoms with E-state index >= 15 is 0 Å². The zero-order valence-corrected chi connectivity index (χ0v) is 13.5. The summed E-state index contributed by atoms with van der Waals surface area (Å²) in [7, 11) is 0. The molecule has 2 atom stereocenters. The number of rotatable bonds is 8. The first-order chi connectivity index (χ1) is 8.51. The molecule has 1 nitrogen and oxygen atoms in total. The van der Waals surface area contributed by atoms with E-state index < -0.39 is 0 Å². The summed E-state index contributed by atoms with van der Waals surface area (Å²) in [5, 5.41) is 4.64. The van der Waals surface area contributed by atoms with Gasteiger partial charge in [-0.1, -0.05) is 46.0 Å². The molecule has 0 amide bonds. The maximum atomic E-state index is 4.70. The minimum atomic E-state index is 0.555. The fourth-order valence-corrected chi connectivity index (χ4v) is 1.94. The fraction of sp³-hybridized carbons (Fsp3) is 0.533. The van der Waals surface area contributed by atoms with Crippen molar-refractivity contribution >= 4 is 30.3 Å². The summed E-state index contributed by atoms with van der Waals surface area (Å²) in [6, 6.07) is 0. The largest absolute Gasteiger partial charge is 0.359 e. The van der Waals surface area contributed by atoms with Crippen LogP contribution < -0.4 is 5.32 Å². The summed E-state index contributed by atoms with van der Waals surface area (Å²) in [5.74, 6) is 2.02. The van der Waals surface area contributed by atoms with E-state index in [1.165, 1.54) is 11.9 Å². The van der Waals surface area contributed by atoms with Gasteiger partial charge in [-0.25, -0.2) is 0 Å². The monoisotopic (exact) mass is 283 g/mol. The second-order valence-electron chi connectivity index (χ2n) is 5.03. The van der Waals surface area contributed by atoms with Crippen LogP contribution in [0.5, 0.6) is 0 Å². The highest BCUT2D eigenvalue weighted by molar-refractivity contribution is 7.83. The van der Waals surface area contributed by atoms with Gasteiger partial charge in [-0.05, 0) is 47.3 Å². The van der Waals surface area contributed by atoms with Gasteiger partial charge in [0.1, 0.15) is 0 Å². The van der Waals surface area contributed by atoms with Crippen LogP contribution in [0.25, 0.3) is 0 Å². The molecule has 0 aromatic carbocycles. The molecule has 0 saturated carbocycles. The van der Waals surface area contributed by atoms with Gasteiger partial charge in [0.05, 0.1) is 5.49 Å². The molecule has 0 heterocycles. The molecule has 0 rings (SSSR count). The summed E-state index contributed by atoms with van der Waals surface area (Å²) in [6.45, 7) is 9.12. The Labute approximate surface area is 123 Å². The summed E-state index contributed by atoms with van der Waals surface area (Å²) >= 11 is 8.83. The lowest BCUT2D eigenvalue weighted by Gasteiger charge is -2.18. The van der Waals surface area contributed by atoms with Crippen molar-refractivity contribution in [1.29, 1.82) is 0 Å². The van der Waals surface area contributed by atoms with Crippen molar-refractivity contribution in [2.24, 2.45) is 17.8 Å². The van der Waals surface area contributed by atoms with Crippen LogP contribution in [0.1, 0.15) is 34.1 Å². The Morgan fingerprint density at radius 1 is 1.22 bits per heavy atom. The van der Waals surface area contributed by atoms with Crippen LogP contribution >= 0.6 is 24.8 Å². The van der Waals surface area contributed by atoms with E-state index in [-0.39, 0.29) is 0 Å². The molecule has 3 heteroatoms. The average molecular weight is 284 g/mol. The zero-order valence-electron chi connectivity index (χ0n) is 11.8. The Balaban J connectivity index is 4.58. The molecular formula is C15H25NS2. The third-order valence-electron chi connectivity index (χ3n) is 3.07. The molecule has 0 radical (unpaired) electrons. The van der Waals surface area contributed by atoms with Crippen molar-refractivity contribution in [3.05, 3.63) is 35.4 Å². The summed E-state index contributed by atoms with van der Waals surface area (Å²) in [6.07, 6.45) is 9.31. The first-order valence-electron chi connectivity index (χ1n) is 6.40. The van der Waals surface area contributed by atoms with Crippen LogP contribution in [0.4, 0.5) is 0 Å². The van der Waals surface area contributed by atoms with Crippen molar-refractivity contribution < 1.29 is 0 Å². The minimum absolute atomic E-state index is 0.555. The molecule has 0 aliphatic carbocycles. The molecule has 2 unspecified atom stereocenters. The highest BCUT2D eigenvalue weighted by Gasteiger charge is 2.10. The molecule has 0 aromatic rings. The number of hydrogen-bond donors (Lipinski definition) is 2. The lowest BCUT2D eigenvalue weighted by atomic mass is 9.88. The molecule has 0 fully saturated rings. The van der Waals surface area contributed by atoms with Crippen LogP contribution in [-0.2, 0) is 0 Å². The van der Waals surface area contributed by atoms with Gasteiger partial charge in [0.2, 0.25) is 0 Å². The highest BCUT2D eigenvalue weighted by atomic mass is 32.1. The lowest BCUT2D eigenvalue weighted by molar-refractivity contribution is 0.358. The van der Waals surface area contributed by atoms with Gasteiger partial charge in [-0.2, -0.15) is 12.6 Å². The summed E-state index contributed by atoms with van der Waals surface area (Å²) in [4.78, 5) is 0. The predicted octanol–water partition coefficient (Wildman–Crippen LogP) is 4.74. The van der Waals surface area contributed by atoms with Crippen LogP contribution in [0, 0.1) is 17.8 Å². The second kappa shape index (κ2) is 10.4. The number of thiol groups is 1. The van der Waals surface area contributed by atoms with Gasteiger partial charge in [-0.3, -0.25) is 0 Å². The number of allylic oxidation sites excluding steroid dienone is 4. The van der Waals surface area contributed by atoms with Gasteiger partial charge in [0, 0.05) is 6.20 Å². The number of thiocarbonyl (C=S) groups is 1. The molecule has 0 spiro atoms. The van der Waals surface area contributed by atoms with Crippen molar-refractivity contribution in [3.8, 4) is 0 Å². The molecule has 0 saturated heterocycles. The van der Waals surface area contributed by atoms with Gasteiger partial charge in [0.15, 0.2) is 0 Å². The van der Waals surface area contributed by atoms with Crippen LogP contribution in [0.2, 0.25) is 0 Å². The van der Waals surface area contributed by atoms with Crippen molar-refractivity contribution in [2.75, 3.05) is 0 Å². The van der Waals surface area contributed by atoms with E-state index in [1.807, 2.05) is 18.4 Å². The normalized spacial score (nSPS) is 16.4. The fourth-order valence-electron chi connectivity index (χ4n) is 1.69. The highest BCUT2D eigenvalue weighted by Crippen LogP contribution is 2.21. The predicted molar refractivity (Wildman–Crippen MR) is 89.9 cm³/mol. The molecule has 102 valence electrons. The molecule has 0 bridgehead atoms. The van der Waals surface area contributed by atoms with Crippen molar-refractivity contribution in [1.82, 2.24) is 5.32 Å². The van der Waals surface area contributed by atoms with E-state index in [9.17, 15) is 0 Å². The molecule has 0 aliphatic rings. The van der Waals surface area contributed by atoms with Gasteiger partial charge in [0.25, 0.3) is 0 Å². The minimum Gasteiger partial charge on any atom is -0.359 e. The Kier molecular flexibility index (Phi) is 10.1. The molecular weight excluding hydrogens is 258 g/mol. The van der Waals surface area contributed by atoms with Crippen LogP contribution in [0.3, 0.4) is 0 Å². The van der Waals surface area contributed by atoms with E-state index in [4.69, 9.17) is 12.2 Å². The van der Waals surface area contributed by atoms with Gasteiger partial charge >= 0.3 is 0 Å². The second-order valence-corrected chi connectivity index (χ2v) is 5.57. The van der Waals surface area contributed by atoms with E-state index in [2.05, 4.69) is 51.7 Å². The SMILES string of the molecule is CC(/C=C(/C=C\S)\C=C/NC=S)CC(C)C(C)C. The summed E-state index contributed by atoms with van der Waals surface area (Å²) in [5.41, 5.74) is 2.64. The Morgan fingerprint density at radius 3 is 2.39 bits per heavy atom. The number of nitrogens with one attached hydrogen (secondary N) is 1. The summed E-state index contributed by atoms with van der Waals surface area (Å²) < 4.78 is 0. The smallest absolute Gasteiger partial charge is 0.0654 e. The first-order valence-corrected chi connectivity index (χ1v) is 7.38. The third kappa shape index (κ3) is 8.54. The average Bonchev–Trinajstić information content (AvgIpc) is 2.29. The van der Waals surface area contributed by atoms with E-state index in [0.29, 0.717) is 5.92 Å². The van der Waals surface area contributed by atoms with E-state index in [1.54, 1.807) is 5.41 Å². The first kappa shape index (κ1) is 17.5. The Hall–Kier alpha value is -0.540. The topological polar surface area (TPSA) is 12.0 Å². The lowest BCUT2D eigenvalue weighted by Crippen LogP contribution is -2.08. The maximum absolute atomic E-state index is 4.70. The van der Waals surface area contributed by atoms with Crippen molar-refractivity contribution in [3.63, 3.8) is 0 Å². The van der Waals surface area contributed by atoms with E-state index in [0.717, 1.165) is 17.4 Å². The van der Waals surface area contributed by atoms with Crippen LogP contribution in [0.15, 0.2) is 35.4 Å². The Morgan fingerprint density at radius 2 is 1.89 bits per heavy atom. The quantitative estimate of drug-likeness (QED) is 0.379.